The first-order valence-corrected chi connectivity index (χ1v) is 28.0. The number of nitrogens with one attached hydrogen (secondary N) is 6. The highest BCUT2D eigenvalue weighted by Gasteiger charge is 2.37. The molecule has 0 aromatic carbocycles. The molecule has 0 spiro atoms. The van der Waals surface area contributed by atoms with Gasteiger partial charge in [0, 0.05) is 43.2 Å². The van der Waals surface area contributed by atoms with Crippen molar-refractivity contribution < 1.29 is 52.5 Å². The van der Waals surface area contributed by atoms with Crippen molar-refractivity contribution in [2.24, 2.45) is 40.9 Å². The largest absolute Gasteiger partial charge is 0.453 e. The summed E-state index contributed by atoms with van der Waals surface area (Å²) in [6, 6.07) is 0.731. The second-order valence-corrected chi connectivity index (χ2v) is 23.0. The number of methoxy groups -OCH3 is 2. The summed E-state index contributed by atoms with van der Waals surface area (Å²) in [5.41, 5.74) is -0.950. The van der Waals surface area contributed by atoms with Crippen molar-refractivity contribution in [1.82, 2.24) is 31.9 Å². The van der Waals surface area contributed by atoms with Crippen LogP contribution in [0.5, 0.6) is 0 Å². The quantitative estimate of drug-likeness (QED) is 0.0669. The van der Waals surface area contributed by atoms with Crippen LogP contribution in [0.1, 0.15) is 194 Å². The molecule has 6 fully saturated rings. The summed E-state index contributed by atoms with van der Waals surface area (Å²) in [6.45, 7) is 3.28. The van der Waals surface area contributed by atoms with Gasteiger partial charge in [0.2, 0.25) is 5.91 Å². The number of rotatable bonds is 19. The zero-order valence-corrected chi connectivity index (χ0v) is 43.8. The molecule has 6 saturated carbocycles. The molecule has 71 heavy (non-hydrogen) atoms. The molecule has 0 aliphatic heterocycles. The normalized spacial score (nSPS) is 32.0. The molecule has 0 bridgehead atoms. The Morgan fingerprint density at radius 2 is 0.563 bits per heavy atom. The van der Waals surface area contributed by atoms with Crippen LogP contribution in [0, 0.1) is 40.9 Å². The molecular weight excluding hydrogens is 909 g/mol. The minimum Gasteiger partial charge on any atom is -0.453 e. The van der Waals surface area contributed by atoms with Gasteiger partial charge in [0.15, 0.2) is 0 Å². The Bertz CT molecular complexity index is 1580. The first-order valence-electron chi connectivity index (χ1n) is 28.0. The predicted molar refractivity (Wildman–Crippen MR) is 269 cm³/mol. The highest BCUT2D eigenvalue weighted by molar-refractivity contribution is 5.73. The highest BCUT2D eigenvalue weighted by atomic mass is 16.6. The maximum atomic E-state index is 13.4. The molecule has 0 atom stereocenters. The summed E-state index contributed by atoms with van der Waals surface area (Å²) in [4.78, 5) is 74.9. The Balaban J connectivity index is 0.928. The van der Waals surface area contributed by atoms with E-state index in [4.69, 9.17) is 23.7 Å². The number of hydrogen-bond donors (Lipinski definition) is 6. The van der Waals surface area contributed by atoms with Gasteiger partial charge in [0.05, 0.1) is 19.6 Å². The van der Waals surface area contributed by atoms with E-state index in [2.05, 4.69) is 31.9 Å². The van der Waals surface area contributed by atoms with Gasteiger partial charge in [-0.1, -0.05) is 6.92 Å². The maximum absolute atomic E-state index is 13.4. The lowest BCUT2D eigenvalue weighted by Crippen LogP contribution is -2.46. The van der Waals surface area contributed by atoms with Crippen molar-refractivity contribution in [3.8, 4) is 0 Å². The fourth-order valence-electron chi connectivity index (χ4n) is 13.1. The molecule has 0 aromatic rings. The van der Waals surface area contributed by atoms with Gasteiger partial charge in [-0.3, -0.25) is 4.79 Å². The van der Waals surface area contributed by atoms with E-state index in [1.54, 1.807) is 6.92 Å². The molecule has 0 aromatic heterocycles. The van der Waals surface area contributed by atoms with Gasteiger partial charge in [0.25, 0.3) is 0 Å². The van der Waals surface area contributed by atoms with Crippen LogP contribution in [-0.4, -0.2) is 107 Å². The summed E-state index contributed by atoms with van der Waals surface area (Å²) in [7, 11) is 2.80. The Labute approximate surface area is 424 Å². The fraction of sp³-hybridized carbons (Fsp3) is 0.889. The van der Waals surface area contributed by atoms with E-state index in [1.807, 2.05) is 6.92 Å². The van der Waals surface area contributed by atoms with Crippen LogP contribution in [0.4, 0.5) is 24.0 Å². The molecule has 17 heteroatoms. The van der Waals surface area contributed by atoms with Gasteiger partial charge < -0.3 is 55.6 Å². The third kappa shape index (κ3) is 19.6. The van der Waals surface area contributed by atoms with Crippen molar-refractivity contribution in [2.45, 2.75) is 230 Å². The summed E-state index contributed by atoms with van der Waals surface area (Å²) >= 11 is 0. The van der Waals surface area contributed by atoms with Crippen LogP contribution in [0.3, 0.4) is 0 Å². The fourth-order valence-corrected chi connectivity index (χ4v) is 13.1. The molecular formula is C54H92N6O11. The molecule has 404 valence electrons. The van der Waals surface area contributed by atoms with Gasteiger partial charge >= 0.3 is 30.5 Å². The predicted octanol–water partition coefficient (Wildman–Crippen LogP) is 9.93. The smallest absolute Gasteiger partial charge is 0.407 e. The van der Waals surface area contributed by atoms with Crippen molar-refractivity contribution in [3.05, 3.63) is 0 Å². The standard InChI is InChI=1S/C54H92N6O11/c1-5-54(33-69-51(64)58-46-24-12-40(13-25-46)30-37-6-18-43(19-7-37)55-36(2)61,34-70-52(65)59-47-26-14-41(15-27-47)31-38-8-20-44(21-9-38)56-49(62)67-3)35-71-53(66)60-48-28-16-42(17-29-48)32-39-10-22-45(23-11-39)57-50(63)68-4/h37-48H,5-35H2,1-4H3,(H,55,61)(H,56,62)(H,57,63)(H,58,64)(H,59,65)(H,60,66). The maximum Gasteiger partial charge on any atom is 0.407 e. The topological polar surface area (TPSA) is 221 Å². The third-order valence-electron chi connectivity index (χ3n) is 17.7. The summed E-state index contributed by atoms with van der Waals surface area (Å²) < 4.78 is 27.3. The van der Waals surface area contributed by atoms with E-state index in [1.165, 1.54) is 33.5 Å². The van der Waals surface area contributed by atoms with Gasteiger partial charge in [-0.2, -0.15) is 0 Å². The van der Waals surface area contributed by atoms with E-state index in [0.717, 1.165) is 154 Å². The molecule has 6 aliphatic carbocycles. The van der Waals surface area contributed by atoms with Crippen LogP contribution in [-0.2, 0) is 28.5 Å². The molecule has 17 nitrogen and oxygen atoms in total. The van der Waals surface area contributed by atoms with Crippen molar-refractivity contribution in [1.29, 1.82) is 0 Å². The second-order valence-electron chi connectivity index (χ2n) is 23.0. The number of amides is 6. The number of ether oxygens (including phenoxy) is 5. The highest BCUT2D eigenvalue weighted by Crippen LogP contribution is 2.39. The minimum atomic E-state index is -0.950. The van der Waals surface area contributed by atoms with Crippen molar-refractivity contribution >= 4 is 36.4 Å². The average molecular weight is 1000 g/mol. The van der Waals surface area contributed by atoms with E-state index in [-0.39, 0.29) is 68.1 Å². The Morgan fingerprint density at radius 1 is 0.352 bits per heavy atom. The average Bonchev–Trinajstić information content (AvgIpc) is 3.37. The van der Waals surface area contributed by atoms with Crippen LogP contribution in [0.15, 0.2) is 0 Å². The summed E-state index contributed by atoms with van der Waals surface area (Å²) in [6.07, 6.45) is 26.0. The molecule has 6 aliphatic rings. The van der Waals surface area contributed by atoms with Gasteiger partial charge in [-0.15, -0.1) is 0 Å². The molecule has 6 N–H and O–H groups in total. The second kappa shape index (κ2) is 28.9. The third-order valence-corrected chi connectivity index (χ3v) is 17.7. The molecule has 0 saturated heterocycles. The van der Waals surface area contributed by atoms with Crippen molar-refractivity contribution in [2.75, 3.05) is 34.0 Å². The number of carbonyl (C=O) groups excluding carboxylic acids is 6. The SMILES string of the molecule is CCC(COC(=O)NC1CCC(CC2CCC(NC(C)=O)CC2)CC1)(COC(=O)NC1CCC(CC2CCC(NC(=O)OC)CC2)CC1)COC(=O)NC1CCC(CC2CCC(NC(=O)OC)CC2)CC1. The lowest BCUT2D eigenvalue weighted by Gasteiger charge is -2.35. The van der Waals surface area contributed by atoms with E-state index in [9.17, 15) is 28.8 Å². The first-order chi connectivity index (χ1) is 34.3. The van der Waals surface area contributed by atoms with E-state index in [0.29, 0.717) is 48.0 Å². The molecule has 0 radical (unpaired) electrons. The lowest BCUT2D eigenvalue weighted by molar-refractivity contribution is -0.119. The van der Waals surface area contributed by atoms with Crippen LogP contribution in [0.2, 0.25) is 0 Å². The number of alkyl carbamates (subject to hydrolysis) is 5. The van der Waals surface area contributed by atoms with Gasteiger partial charge in [0.1, 0.15) is 19.8 Å². The summed E-state index contributed by atoms with van der Waals surface area (Å²) in [5, 5.41) is 18.3. The molecule has 6 amide bonds. The molecule has 0 heterocycles. The summed E-state index contributed by atoms with van der Waals surface area (Å²) in [5.74, 6) is 3.92. The van der Waals surface area contributed by atoms with E-state index < -0.39 is 23.7 Å². The number of carbonyl (C=O) groups is 6. The Hall–Kier alpha value is -4.18. The Kier molecular flexibility index (Phi) is 22.8. The minimum absolute atomic E-state index is 0.0134. The van der Waals surface area contributed by atoms with Gasteiger partial charge in [-0.25, -0.2) is 24.0 Å². The van der Waals surface area contributed by atoms with Crippen LogP contribution >= 0.6 is 0 Å². The van der Waals surface area contributed by atoms with Gasteiger partial charge in [-0.05, 0) is 215 Å². The van der Waals surface area contributed by atoms with Crippen LogP contribution < -0.4 is 31.9 Å². The number of hydrogen-bond acceptors (Lipinski definition) is 11. The zero-order chi connectivity index (χ0) is 50.6. The van der Waals surface area contributed by atoms with E-state index >= 15 is 0 Å². The lowest BCUT2D eigenvalue weighted by atomic mass is 9.75. The monoisotopic (exact) mass is 1000 g/mol. The van der Waals surface area contributed by atoms with Crippen LogP contribution in [0.25, 0.3) is 0 Å². The van der Waals surface area contributed by atoms with Crippen molar-refractivity contribution in [3.63, 3.8) is 0 Å². The molecule has 6 rings (SSSR count). The molecule has 0 unspecified atom stereocenters. The zero-order valence-electron chi connectivity index (χ0n) is 43.8. The first kappa shape index (κ1) is 56.1. The Morgan fingerprint density at radius 3 is 0.761 bits per heavy atom.